The molecular weight excluding hydrogens is 431 g/mol. The summed E-state index contributed by atoms with van der Waals surface area (Å²) >= 11 is 0. The van der Waals surface area contributed by atoms with Gasteiger partial charge in [0.1, 0.15) is 23.5 Å². The van der Waals surface area contributed by atoms with Crippen LogP contribution in [0.15, 0.2) is 46.5 Å². The summed E-state index contributed by atoms with van der Waals surface area (Å²) in [5, 5.41) is 5.27. The molecule has 1 aromatic heterocycles. The fourth-order valence-electron chi connectivity index (χ4n) is 3.37. The Kier molecular flexibility index (Phi) is 6.38. The van der Waals surface area contributed by atoms with E-state index in [0.29, 0.717) is 23.6 Å². The van der Waals surface area contributed by atoms with Crippen LogP contribution in [-0.4, -0.2) is 67.2 Å². The van der Waals surface area contributed by atoms with Crippen molar-refractivity contribution >= 4 is 35.6 Å². The first-order chi connectivity index (χ1) is 15.9. The SMILES string of the molecule is CC(=O)NC[C@H]1CN(c2ccc(-c3ccc(C(=O)NCC4=NCC=N4)nc3)c(F)c2)C(=O)O1. The van der Waals surface area contributed by atoms with Gasteiger partial charge in [-0.1, -0.05) is 6.07 Å². The molecule has 0 unspecified atom stereocenters. The van der Waals surface area contributed by atoms with Gasteiger partial charge in [0.2, 0.25) is 5.91 Å². The zero-order chi connectivity index (χ0) is 23.4. The molecule has 2 aromatic rings. The van der Waals surface area contributed by atoms with Crippen LogP contribution in [0.4, 0.5) is 14.9 Å². The van der Waals surface area contributed by atoms with Crippen LogP contribution in [0.1, 0.15) is 17.4 Å². The van der Waals surface area contributed by atoms with Crippen molar-refractivity contribution in [3.8, 4) is 11.1 Å². The first-order valence-corrected chi connectivity index (χ1v) is 10.2. The Morgan fingerprint density at radius 2 is 2.09 bits per heavy atom. The van der Waals surface area contributed by atoms with Gasteiger partial charge in [0.05, 0.1) is 31.9 Å². The number of rotatable bonds is 7. The lowest BCUT2D eigenvalue weighted by Gasteiger charge is -2.14. The summed E-state index contributed by atoms with van der Waals surface area (Å²) in [5.41, 5.74) is 1.28. The number of aliphatic imine (C=N–C) groups is 2. The number of benzene rings is 1. The van der Waals surface area contributed by atoms with E-state index < -0.39 is 18.0 Å². The molecule has 10 nitrogen and oxygen atoms in total. The quantitative estimate of drug-likeness (QED) is 0.660. The molecule has 0 aliphatic carbocycles. The zero-order valence-corrected chi connectivity index (χ0v) is 17.7. The number of amidine groups is 1. The number of carbonyl (C=O) groups excluding carboxylic acids is 3. The summed E-state index contributed by atoms with van der Waals surface area (Å²) in [5.74, 6) is -0.620. The largest absolute Gasteiger partial charge is 0.442 e. The molecule has 170 valence electrons. The van der Waals surface area contributed by atoms with E-state index in [-0.39, 0.29) is 42.7 Å². The van der Waals surface area contributed by atoms with E-state index in [1.807, 2.05) is 0 Å². The van der Waals surface area contributed by atoms with E-state index >= 15 is 0 Å². The van der Waals surface area contributed by atoms with Crippen LogP contribution in [-0.2, 0) is 9.53 Å². The predicted molar refractivity (Wildman–Crippen MR) is 119 cm³/mol. The fourth-order valence-corrected chi connectivity index (χ4v) is 3.37. The van der Waals surface area contributed by atoms with Crippen LogP contribution in [0, 0.1) is 5.82 Å². The van der Waals surface area contributed by atoms with Crippen molar-refractivity contribution in [3.63, 3.8) is 0 Å². The number of anilines is 1. The molecule has 1 aromatic carbocycles. The van der Waals surface area contributed by atoms with Crippen LogP contribution >= 0.6 is 0 Å². The van der Waals surface area contributed by atoms with Gasteiger partial charge < -0.3 is 15.4 Å². The standard InChI is InChI=1S/C22H21FN6O4/c1-13(30)26-10-16-12-29(22(32)33-16)15-3-4-17(18(23)8-15)14-2-5-19(27-9-14)21(31)28-11-20-24-6-7-25-20/h2-6,8-9,16H,7,10-12H2,1H3,(H,26,30)(H,28,31)/t16-/m0/s1. The molecule has 1 saturated heterocycles. The molecular formula is C22H21FN6O4. The molecule has 1 atom stereocenters. The second-order valence-corrected chi connectivity index (χ2v) is 7.40. The average Bonchev–Trinajstić information content (AvgIpc) is 3.45. The Bertz CT molecular complexity index is 1150. The van der Waals surface area contributed by atoms with Crippen molar-refractivity contribution in [1.82, 2.24) is 15.6 Å². The number of ether oxygens (including phenoxy) is 1. The first-order valence-electron chi connectivity index (χ1n) is 10.2. The number of cyclic esters (lactones) is 1. The topological polar surface area (TPSA) is 125 Å². The van der Waals surface area contributed by atoms with Crippen molar-refractivity contribution in [3.05, 3.63) is 48.0 Å². The lowest BCUT2D eigenvalue weighted by Crippen LogP contribution is -2.33. The average molecular weight is 452 g/mol. The van der Waals surface area contributed by atoms with E-state index in [9.17, 15) is 18.8 Å². The van der Waals surface area contributed by atoms with Crippen molar-refractivity contribution in [2.24, 2.45) is 9.98 Å². The van der Waals surface area contributed by atoms with Gasteiger partial charge in [-0.15, -0.1) is 0 Å². The number of hydrogen-bond donors (Lipinski definition) is 2. The molecule has 0 bridgehead atoms. The van der Waals surface area contributed by atoms with E-state index in [0.717, 1.165) is 0 Å². The first kappa shape index (κ1) is 22.1. The molecule has 4 rings (SSSR count). The van der Waals surface area contributed by atoms with Gasteiger partial charge in [-0.2, -0.15) is 0 Å². The predicted octanol–water partition coefficient (Wildman–Crippen LogP) is 1.56. The lowest BCUT2D eigenvalue weighted by atomic mass is 10.1. The van der Waals surface area contributed by atoms with Crippen LogP contribution < -0.4 is 15.5 Å². The second kappa shape index (κ2) is 9.55. The highest BCUT2D eigenvalue weighted by atomic mass is 19.1. The molecule has 11 heteroatoms. The Hall–Kier alpha value is -4.15. The lowest BCUT2D eigenvalue weighted by molar-refractivity contribution is -0.119. The Morgan fingerprint density at radius 3 is 2.76 bits per heavy atom. The van der Waals surface area contributed by atoms with Gasteiger partial charge in [0.15, 0.2) is 0 Å². The highest BCUT2D eigenvalue weighted by Gasteiger charge is 2.32. The number of carbonyl (C=O) groups is 3. The number of nitrogens with zero attached hydrogens (tertiary/aromatic N) is 4. The second-order valence-electron chi connectivity index (χ2n) is 7.40. The van der Waals surface area contributed by atoms with Crippen molar-refractivity contribution in [1.29, 1.82) is 0 Å². The highest BCUT2D eigenvalue weighted by molar-refractivity contribution is 6.00. The van der Waals surface area contributed by atoms with Crippen LogP contribution in [0.5, 0.6) is 0 Å². The number of nitrogens with one attached hydrogen (secondary N) is 2. The summed E-state index contributed by atoms with van der Waals surface area (Å²) in [6, 6.07) is 7.47. The third-order valence-electron chi connectivity index (χ3n) is 5.03. The van der Waals surface area contributed by atoms with E-state index in [1.54, 1.807) is 18.3 Å². The summed E-state index contributed by atoms with van der Waals surface area (Å²) in [7, 11) is 0. The van der Waals surface area contributed by atoms with E-state index in [2.05, 4.69) is 25.6 Å². The van der Waals surface area contributed by atoms with Gasteiger partial charge in [-0.05, 0) is 24.3 Å². The third kappa shape index (κ3) is 5.20. The molecule has 33 heavy (non-hydrogen) atoms. The highest BCUT2D eigenvalue weighted by Crippen LogP contribution is 2.28. The Labute approximate surface area is 188 Å². The summed E-state index contributed by atoms with van der Waals surface area (Å²) < 4.78 is 20.1. The normalized spacial score (nSPS) is 17.0. The number of aromatic nitrogens is 1. The maximum atomic E-state index is 14.9. The Balaban J connectivity index is 1.41. The van der Waals surface area contributed by atoms with Crippen LogP contribution in [0.3, 0.4) is 0 Å². The van der Waals surface area contributed by atoms with Crippen molar-refractivity contribution in [2.75, 3.05) is 31.1 Å². The van der Waals surface area contributed by atoms with Gasteiger partial charge in [0, 0.05) is 30.5 Å². The molecule has 0 radical (unpaired) electrons. The number of pyridine rings is 1. The minimum Gasteiger partial charge on any atom is -0.442 e. The molecule has 1 fully saturated rings. The Morgan fingerprint density at radius 1 is 1.24 bits per heavy atom. The van der Waals surface area contributed by atoms with E-state index in [1.165, 1.54) is 36.2 Å². The maximum absolute atomic E-state index is 14.9. The summed E-state index contributed by atoms with van der Waals surface area (Å²) in [6.45, 7) is 2.47. The molecule has 2 aliphatic rings. The zero-order valence-electron chi connectivity index (χ0n) is 17.7. The van der Waals surface area contributed by atoms with Crippen LogP contribution in [0.2, 0.25) is 0 Å². The molecule has 3 amide bonds. The monoisotopic (exact) mass is 452 g/mol. The van der Waals surface area contributed by atoms with Gasteiger partial charge >= 0.3 is 6.09 Å². The maximum Gasteiger partial charge on any atom is 0.414 e. The van der Waals surface area contributed by atoms with Gasteiger partial charge in [0.25, 0.3) is 5.91 Å². The fraction of sp³-hybridized carbons (Fsp3) is 0.273. The van der Waals surface area contributed by atoms with Gasteiger partial charge in [-0.3, -0.25) is 24.5 Å². The molecule has 2 N–H and O–H groups in total. The third-order valence-corrected chi connectivity index (χ3v) is 5.03. The van der Waals surface area contributed by atoms with Crippen LogP contribution in [0.25, 0.3) is 11.1 Å². The van der Waals surface area contributed by atoms with Crippen molar-refractivity contribution in [2.45, 2.75) is 13.0 Å². The number of amides is 3. The molecule has 3 heterocycles. The molecule has 0 spiro atoms. The smallest absolute Gasteiger partial charge is 0.414 e. The van der Waals surface area contributed by atoms with Crippen molar-refractivity contribution < 1.29 is 23.5 Å². The minimum absolute atomic E-state index is 0.184. The number of halogens is 1. The summed E-state index contributed by atoms with van der Waals surface area (Å²) in [6.07, 6.45) is 1.94. The minimum atomic E-state index is -0.608. The van der Waals surface area contributed by atoms with E-state index in [4.69, 9.17) is 4.74 Å². The molecule has 0 saturated carbocycles. The summed E-state index contributed by atoms with van der Waals surface area (Å²) in [4.78, 5) is 49.0. The number of hydrogen-bond acceptors (Lipinski definition) is 7. The van der Waals surface area contributed by atoms with Gasteiger partial charge in [-0.25, -0.2) is 14.2 Å². The molecule has 2 aliphatic heterocycles.